The number of benzene rings is 3. The van der Waals surface area contributed by atoms with Crippen LogP contribution in [0.15, 0.2) is 76.5 Å². The Hall–Kier alpha value is -4.28. The first-order chi connectivity index (χ1) is 16.4. The number of fused-ring (bicyclic) bond motifs is 2. The molecule has 8 heteroatoms. The van der Waals surface area contributed by atoms with Crippen LogP contribution >= 0.6 is 11.6 Å². The monoisotopic (exact) mass is 474 g/mol. The number of rotatable bonds is 3. The molecule has 6 nitrogen and oxygen atoms in total. The van der Waals surface area contributed by atoms with Crippen LogP contribution in [0.1, 0.15) is 33.2 Å². The standard InChI is InChI=1S/C26H16ClFN2O4/c1-13-19-10-15(27)5-8-21(19)33-24(13)26(31)32-17-6-7-18-22(11-17)34-25(30)20(12-29)23(18)14-3-2-4-16(28)9-14/h2-11,23H,30H2,1H3. The largest absolute Gasteiger partial charge is 0.449 e. The summed E-state index contributed by atoms with van der Waals surface area (Å²) in [5.74, 6) is -1.32. The van der Waals surface area contributed by atoms with Crippen molar-refractivity contribution in [1.82, 2.24) is 0 Å². The van der Waals surface area contributed by atoms with Gasteiger partial charge in [-0.05, 0) is 48.9 Å². The van der Waals surface area contributed by atoms with Gasteiger partial charge in [0.2, 0.25) is 11.6 Å². The number of nitriles is 1. The maximum atomic E-state index is 13.9. The van der Waals surface area contributed by atoms with E-state index in [0.29, 0.717) is 38.4 Å². The van der Waals surface area contributed by atoms with Crippen LogP contribution in [0.25, 0.3) is 11.0 Å². The van der Waals surface area contributed by atoms with E-state index in [1.807, 2.05) is 0 Å². The molecule has 0 radical (unpaired) electrons. The van der Waals surface area contributed by atoms with Gasteiger partial charge in [-0.15, -0.1) is 0 Å². The van der Waals surface area contributed by atoms with Gasteiger partial charge < -0.3 is 19.6 Å². The van der Waals surface area contributed by atoms with Crippen LogP contribution in [0.3, 0.4) is 0 Å². The van der Waals surface area contributed by atoms with Gasteiger partial charge in [0, 0.05) is 27.6 Å². The second kappa shape index (κ2) is 8.25. The van der Waals surface area contributed by atoms with Crippen LogP contribution in [0.5, 0.6) is 11.5 Å². The molecule has 1 unspecified atom stereocenters. The first-order valence-corrected chi connectivity index (χ1v) is 10.6. The lowest BCUT2D eigenvalue weighted by atomic mass is 9.83. The number of ether oxygens (including phenoxy) is 2. The summed E-state index contributed by atoms with van der Waals surface area (Å²) in [5.41, 5.74) is 8.42. The number of carbonyl (C=O) groups excluding carboxylic acids is 1. The predicted octanol–water partition coefficient (Wildman–Crippen LogP) is 5.97. The van der Waals surface area contributed by atoms with E-state index >= 15 is 0 Å². The first-order valence-electron chi connectivity index (χ1n) is 10.2. The lowest BCUT2D eigenvalue weighted by Crippen LogP contribution is -2.21. The summed E-state index contributed by atoms with van der Waals surface area (Å²) in [6.45, 7) is 1.74. The van der Waals surface area contributed by atoms with Crippen LogP contribution in [-0.2, 0) is 0 Å². The third-order valence-electron chi connectivity index (χ3n) is 5.67. The average Bonchev–Trinajstić information content (AvgIpc) is 3.14. The molecular formula is C26H16ClFN2O4. The third kappa shape index (κ3) is 3.64. The minimum absolute atomic E-state index is 0.0553. The zero-order chi connectivity index (χ0) is 24.0. The van der Waals surface area contributed by atoms with Gasteiger partial charge in [0.15, 0.2) is 0 Å². The van der Waals surface area contributed by atoms with Crippen molar-refractivity contribution in [3.63, 3.8) is 0 Å². The molecule has 1 aromatic heterocycles. The molecular weight excluding hydrogens is 459 g/mol. The molecule has 34 heavy (non-hydrogen) atoms. The van der Waals surface area contributed by atoms with Gasteiger partial charge in [-0.2, -0.15) is 5.26 Å². The van der Waals surface area contributed by atoms with Crippen molar-refractivity contribution in [2.75, 3.05) is 0 Å². The second-order valence-electron chi connectivity index (χ2n) is 7.77. The predicted molar refractivity (Wildman–Crippen MR) is 123 cm³/mol. The van der Waals surface area contributed by atoms with E-state index in [2.05, 4.69) is 6.07 Å². The Morgan fingerprint density at radius 1 is 1.18 bits per heavy atom. The summed E-state index contributed by atoms with van der Waals surface area (Å²) in [6.07, 6.45) is 0. The molecule has 0 spiro atoms. The molecule has 3 aromatic carbocycles. The van der Waals surface area contributed by atoms with Crippen LogP contribution in [0.2, 0.25) is 5.02 Å². The first kappa shape index (κ1) is 21.6. The number of furan rings is 1. The van der Waals surface area contributed by atoms with E-state index in [0.717, 1.165) is 0 Å². The number of nitrogens with zero attached hydrogens (tertiary/aromatic N) is 1. The summed E-state index contributed by atoms with van der Waals surface area (Å²) >= 11 is 6.05. The Labute approximate surface area is 198 Å². The van der Waals surface area contributed by atoms with Crippen LogP contribution in [-0.4, -0.2) is 5.97 Å². The average molecular weight is 475 g/mol. The van der Waals surface area contributed by atoms with Crippen molar-refractivity contribution in [3.8, 4) is 17.6 Å². The number of esters is 1. The molecule has 0 aliphatic carbocycles. The number of hydrogen-bond donors (Lipinski definition) is 1. The Morgan fingerprint density at radius 3 is 2.76 bits per heavy atom. The van der Waals surface area contributed by atoms with Crippen molar-refractivity contribution < 1.29 is 23.1 Å². The fraction of sp³-hybridized carbons (Fsp3) is 0.0769. The van der Waals surface area contributed by atoms with E-state index in [4.69, 9.17) is 31.2 Å². The maximum absolute atomic E-state index is 13.9. The fourth-order valence-corrected chi connectivity index (χ4v) is 4.24. The zero-order valence-electron chi connectivity index (χ0n) is 17.8. The molecule has 1 aliphatic rings. The van der Waals surface area contributed by atoms with E-state index in [9.17, 15) is 14.4 Å². The number of halogens is 2. The number of hydrogen-bond acceptors (Lipinski definition) is 6. The lowest BCUT2D eigenvalue weighted by molar-refractivity contribution is 0.0702. The molecule has 168 valence electrons. The van der Waals surface area contributed by atoms with Gasteiger partial charge in [0.25, 0.3) is 0 Å². The third-order valence-corrected chi connectivity index (χ3v) is 5.90. The van der Waals surface area contributed by atoms with Crippen molar-refractivity contribution in [3.05, 3.63) is 105 Å². The topological polar surface area (TPSA) is 98.5 Å². The highest BCUT2D eigenvalue weighted by atomic mass is 35.5. The Morgan fingerprint density at radius 2 is 2.00 bits per heavy atom. The molecule has 0 saturated heterocycles. The molecule has 1 atom stereocenters. The fourth-order valence-electron chi connectivity index (χ4n) is 4.07. The molecule has 0 saturated carbocycles. The van der Waals surface area contributed by atoms with E-state index in [1.165, 1.54) is 18.2 Å². The highest BCUT2D eigenvalue weighted by Crippen LogP contribution is 2.43. The van der Waals surface area contributed by atoms with Gasteiger partial charge >= 0.3 is 5.97 Å². The summed E-state index contributed by atoms with van der Waals surface area (Å²) < 4.78 is 30.7. The van der Waals surface area contributed by atoms with Crippen LogP contribution < -0.4 is 15.2 Å². The molecule has 1 aliphatic heterocycles. The summed E-state index contributed by atoms with van der Waals surface area (Å²) in [6, 6.07) is 17.8. The van der Waals surface area contributed by atoms with Crippen molar-refractivity contribution in [1.29, 1.82) is 5.26 Å². The normalized spacial score (nSPS) is 14.9. The Balaban J connectivity index is 1.50. The van der Waals surface area contributed by atoms with Gasteiger partial charge in [0.1, 0.15) is 34.5 Å². The SMILES string of the molecule is Cc1c(C(=O)Oc2ccc3c(c2)OC(N)=C(C#N)C3c2cccc(F)c2)oc2ccc(Cl)cc12. The molecule has 4 aromatic rings. The second-order valence-corrected chi connectivity index (χ2v) is 8.20. The van der Waals surface area contributed by atoms with Gasteiger partial charge in [0.05, 0.1) is 5.92 Å². The minimum Gasteiger partial charge on any atom is -0.449 e. The minimum atomic E-state index is -0.691. The maximum Gasteiger partial charge on any atom is 0.379 e. The summed E-state index contributed by atoms with van der Waals surface area (Å²) in [5, 5.41) is 10.9. The molecule has 0 fully saturated rings. The number of allylic oxidation sites excluding steroid dienone is 1. The number of carbonyl (C=O) groups is 1. The van der Waals surface area contributed by atoms with Gasteiger partial charge in [-0.25, -0.2) is 9.18 Å². The van der Waals surface area contributed by atoms with E-state index in [1.54, 1.807) is 49.4 Å². The van der Waals surface area contributed by atoms with Crippen LogP contribution in [0.4, 0.5) is 4.39 Å². The smallest absolute Gasteiger partial charge is 0.379 e. The van der Waals surface area contributed by atoms with E-state index < -0.39 is 17.7 Å². The summed E-state index contributed by atoms with van der Waals surface area (Å²) in [7, 11) is 0. The Kier molecular flexibility index (Phi) is 5.23. The highest BCUT2D eigenvalue weighted by Gasteiger charge is 2.31. The number of nitrogens with two attached hydrogens (primary N) is 1. The molecule has 5 rings (SSSR count). The molecule has 0 bridgehead atoms. The lowest BCUT2D eigenvalue weighted by Gasteiger charge is -2.26. The quantitative estimate of drug-likeness (QED) is 0.290. The van der Waals surface area contributed by atoms with Gasteiger partial charge in [-0.3, -0.25) is 0 Å². The number of aryl methyl sites for hydroxylation is 1. The molecule has 2 N–H and O–H groups in total. The van der Waals surface area contributed by atoms with Crippen molar-refractivity contribution in [2.24, 2.45) is 5.73 Å². The summed E-state index contributed by atoms with van der Waals surface area (Å²) in [4.78, 5) is 12.8. The van der Waals surface area contributed by atoms with Gasteiger partial charge in [-0.1, -0.05) is 29.8 Å². The molecule has 0 amide bonds. The zero-order valence-corrected chi connectivity index (χ0v) is 18.5. The highest BCUT2D eigenvalue weighted by molar-refractivity contribution is 6.31. The molecule has 2 heterocycles. The Bertz CT molecular complexity index is 1550. The van der Waals surface area contributed by atoms with E-state index in [-0.39, 0.29) is 23.0 Å². The van der Waals surface area contributed by atoms with Crippen molar-refractivity contribution >= 4 is 28.5 Å². The van der Waals surface area contributed by atoms with Crippen LogP contribution in [0, 0.1) is 24.1 Å². The van der Waals surface area contributed by atoms with Crippen molar-refractivity contribution in [2.45, 2.75) is 12.8 Å².